The van der Waals surface area contributed by atoms with Crippen molar-refractivity contribution < 1.29 is 0 Å². The first kappa shape index (κ1) is 10.3. The maximum atomic E-state index is 3.33. The third-order valence-corrected chi connectivity index (χ3v) is 3.63. The molecule has 0 heteroatoms. The number of allylic oxidation sites excluding steroid dienone is 3. The molecule has 1 aliphatic carbocycles. The molecule has 0 nitrogen and oxygen atoms in total. The van der Waals surface area contributed by atoms with Crippen molar-refractivity contribution in [1.82, 2.24) is 0 Å². The summed E-state index contributed by atoms with van der Waals surface area (Å²) in [7, 11) is 0. The van der Waals surface area contributed by atoms with E-state index in [4.69, 9.17) is 0 Å². The van der Waals surface area contributed by atoms with Gasteiger partial charge in [0.15, 0.2) is 0 Å². The van der Waals surface area contributed by atoms with Crippen LogP contribution in [0, 0.1) is 0 Å². The van der Waals surface area contributed by atoms with Crippen molar-refractivity contribution in [2.45, 2.75) is 19.3 Å². The lowest BCUT2D eigenvalue weighted by molar-refractivity contribution is 0.649. The number of rotatable bonds is 2. The maximum absolute atomic E-state index is 3.33. The first-order valence-corrected chi connectivity index (χ1v) is 5.98. The summed E-state index contributed by atoms with van der Waals surface area (Å²) in [6, 6.07) is 13.0. The van der Waals surface area contributed by atoms with E-state index in [-0.39, 0.29) is 5.41 Å². The molecule has 17 heavy (non-hydrogen) atoms. The predicted octanol–water partition coefficient (Wildman–Crippen LogP) is 4.49. The highest BCUT2D eigenvalue weighted by Gasteiger charge is 2.23. The van der Waals surface area contributed by atoms with Gasteiger partial charge in [0.05, 0.1) is 0 Å². The molecule has 0 aliphatic heterocycles. The Balaban J connectivity index is 2.21. The minimum atomic E-state index is 0.0204. The topological polar surface area (TPSA) is 0 Å². The first-order valence-electron chi connectivity index (χ1n) is 5.98. The highest BCUT2D eigenvalue weighted by Crippen LogP contribution is 2.38. The molecular weight excluding hydrogens is 204 g/mol. The van der Waals surface area contributed by atoms with Gasteiger partial charge in [-0.3, -0.25) is 0 Å². The average Bonchev–Trinajstić information content (AvgIpc) is 2.99. The largest absolute Gasteiger partial charge is 0.147 e. The first-order chi connectivity index (χ1) is 8.19. The summed E-state index contributed by atoms with van der Waals surface area (Å²) in [6.07, 6.45) is 6.20. The Kier molecular flexibility index (Phi) is 2.14. The number of fused-ring (bicyclic) bond motifs is 1. The summed E-state index contributed by atoms with van der Waals surface area (Å²) in [5.74, 6) is 0. The zero-order valence-electron chi connectivity index (χ0n) is 10.2. The van der Waals surface area contributed by atoms with Gasteiger partial charge in [0, 0.05) is 0 Å². The predicted molar refractivity (Wildman–Crippen MR) is 73.3 cm³/mol. The molecule has 0 N–H and O–H groups in total. The number of benzene rings is 1. The van der Waals surface area contributed by atoms with E-state index in [2.05, 4.69) is 68.1 Å². The Morgan fingerprint density at radius 1 is 1.12 bits per heavy atom. The van der Waals surface area contributed by atoms with Crippen LogP contribution in [0.3, 0.4) is 0 Å². The Morgan fingerprint density at radius 2 is 2.00 bits per heavy atom. The van der Waals surface area contributed by atoms with Crippen molar-refractivity contribution in [2.75, 3.05) is 0 Å². The van der Waals surface area contributed by atoms with Crippen molar-refractivity contribution in [2.24, 2.45) is 0 Å². The molecule has 0 heterocycles. The molecule has 0 radical (unpaired) electrons. The third-order valence-electron chi connectivity index (χ3n) is 3.63. The van der Waals surface area contributed by atoms with Crippen LogP contribution < -0.4 is 0 Å². The van der Waals surface area contributed by atoms with Crippen LogP contribution in [0.2, 0.25) is 0 Å². The van der Waals surface area contributed by atoms with Gasteiger partial charge in [0.25, 0.3) is 0 Å². The lowest BCUT2D eigenvalue weighted by atomic mass is 9.78. The minimum absolute atomic E-state index is 0.0204. The number of hydrogen-bond acceptors (Lipinski definition) is 0. The lowest BCUT2D eigenvalue weighted by Crippen LogP contribution is -2.17. The second kappa shape index (κ2) is 3.55. The third kappa shape index (κ3) is 1.50. The fourth-order valence-corrected chi connectivity index (χ4v) is 2.56. The van der Waals surface area contributed by atoms with Gasteiger partial charge in [-0.05, 0) is 17.1 Å². The molecule has 0 atom stereocenters. The van der Waals surface area contributed by atoms with Crippen LogP contribution in [0.1, 0.15) is 19.4 Å². The van der Waals surface area contributed by atoms with E-state index < -0.39 is 0 Å². The molecule has 0 aromatic heterocycles. The van der Waals surface area contributed by atoms with E-state index in [0.717, 1.165) is 0 Å². The van der Waals surface area contributed by atoms with E-state index in [0.29, 0.717) is 0 Å². The summed E-state index contributed by atoms with van der Waals surface area (Å²) in [6.45, 7) is 4.53. The molecule has 0 amide bonds. The molecule has 0 saturated heterocycles. The second-order valence-electron chi connectivity index (χ2n) is 5.04. The van der Waals surface area contributed by atoms with Gasteiger partial charge in [-0.15, -0.1) is 53.1 Å². The molecule has 0 spiro atoms. The van der Waals surface area contributed by atoms with Crippen LogP contribution in [-0.4, -0.2) is 0 Å². The molecule has 0 saturated carbocycles. The van der Waals surface area contributed by atoms with Crippen LogP contribution in [0.4, 0.5) is 0 Å². The molecule has 0 bridgehead atoms. The molecule has 3 rings (SSSR count). The Hall–Kier alpha value is -1.91. The van der Waals surface area contributed by atoms with E-state index in [1.54, 1.807) is 0 Å². The lowest BCUT2D eigenvalue weighted by Gasteiger charge is -2.28. The van der Waals surface area contributed by atoms with Crippen molar-refractivity contribution >= 4 is 10.8 Å². The van der Waals surface area contributed by atoms with E-state index in [1.165, 1.54) is 21.9 Å². The van der Waals surface area contributed by atoms with Crippen LogP contribution in [-0.2, 0) is 5.41 Å². The zero-order valence-corrected chi connectivity index (χ0v) is 10.2. The summed E-state index contributed by atoms with van der Waals surface area (Å²) < 4.78 is 0. The highest BCUT2D eigenvalue weighted by molar-refractivity contribution is 5.89. The summed E-state index contributed by atoms with van der Waals surface area (Å²) >= 11 is 0. The fraction of sp³-hybridized carbons (Fsp3) is 0.176. The molecule has 0 unspecified atom stereocenters. The van der Waals surface area contributed by atoms with E-state index in [9.17, 15) is 0 Å². The van der Waals surface area contributed by atoms with Gasteiger partial charge in [-0.2, -0.15) is 0 Å². The Morgan fingerprint density at radius 3 is 2.76 bits per heavy atom. The quantitative estimate of drug-likeness (QED) is 0.515. The molecule has 2 aromatic rings. The second-order valence-corrected chi connectivity index (χ2v) is 5.04. The summed E-state index contributed by atoms with van der Waals surface area (Å²) in [5.41, 5.74) is 5.99. The van der Waals surface area contributed by atoms with Crippen molar-refractivity contribution in [3.8, 4) is 0 Å². The molecule has 2 aromatic carbocycles. The van der Waals surface area contributed by atoms with Crippen LogP contribution in [0.5, 0.6) is 0 Å². The normalized spacial score (nSPS) is 14.6. The van der Waals surface area contributed by atoms with Crippen molar-refractivity contribution in [3.05, 3.63) is 71.5 Å². The number of hydrogen-bond donors (Lipinski definition) is 0. The minimum Gasteiger partial charge on any atom is -0.147 e. The fourth-order valence-electron chi connectivity index (χ4n) is 2.56. The highest BCUT2D eigenvalue weighted by atomic mass is 14.3. The van der Waals surface area contributed by atoms with Gasteiger partial charge in [-0.25, -0.2) is 0 Å². The van der Waals surface area contributed by atoms with Crippen LogP contribution in [0.25, 0.3) is 10.8 Å². The van der Waals surface area contributed by atoms with Crippen molar-refractivity contribution in [1.29, 1.82) is 0 Å². The Labute approximate surface area is 102 Å². The molecular formula is C17H15-. The van der Waals surface area contributed by atoms with Gasteiger partial charge < -0.3 is 0 Å². The molecule has 1 aliphatic rings. The zero-order chi connectivity index (χ0) is 11.9. The van der Waals surface area contributed by atoms with Gasteiger partial charge in [0.2, 0.25) is 0 Å². The van der Waals surface area contributed by atoms with Crippen molar-refractivity contribution in [3.63, 3.8) is 0 Å². The maximum Gasteiger partial charge on any atom is -0.00367 e. The van der Waals surface area contributed by atoms with Gasteiger partial charge >= 0.3 is 0 Å². The molecule has 84 valence electrons. The average molecular weight is 219 g/mol. The van der Waals surface area contributed by atoms with E-state index in [1.807, 2.05) is 6.08 Å². The monoisotopic (exact) mass is 219 g/mol. The summed E-state index contributed by atoms with van der Waals surface area (Å²) in [4.78, 5) is 0. The standard InChI is InChI=1S/C17H15/c1-17(2,14-8-4-5-9-14)16-12-11-13-7-3-6-10-15(13)16/h3-8,10-12H,1-2H3/q-1. The van der Waals surface area contributed by atoms with Gasteiger partial charge in [0.1, 0.15) is 0 Å². The molecule has 0 fully saturated rings. The smallest absolute Gasteiger partial charge is 0.00367 e. The van der Waals surface area contributed by atoms with Gasteiger partial charge in [-0.1, -0.05) is 31.4 Å². The summed E-state index contributed by atoms with van der Waals surface area (Å²) in [5, 5.41) is 2.68. The van der Waals surface area contributed by atoms with Crippen LogP contribution >= 0.6 is 0 Å². The van der Waals surface area contributed by atoms with E-state index >= 15 is 0 Å². The van der Waals surface area contributed by atoms with Crippen LogP contribution in [0.15, 0.2) is 65.9 Å². The SMILES string of the molecule is CC(C)(C1=C=CC=C1)c1cc[c-]2ccccc12. The Bertz CT molecular complexity index is 656.